The molecule has 0 bridgehead atoms. The molecule has 0 aliphatic rings. The van der Waals surface area contributed by atoms with Gasteiger partial charge < -0.3 is 9.30 Å². The second-order valence-electron chi connectivity index (χ2n) is 5.84. The van der Waals surface area contributed by atoms with Gasteiger partial charge in [0.05, 0.1) is 24.3 Å². The molecule has 28 heavy (non-hydrogen) atoms. The van der Waals surface area contributed by atoms with E-state index in [1.807, 2.05) is 0 Å². The average molecular weight is 421 g/mol. The van der Waals surface area contributed by atoms with Crippen molar-refractivity contribution in [3.05, 3.63) is 81.6 Å². The summed E-state index contributed by atoms with van der Waals surface area (Å²) in [4.78, 5) is 29.1. The summed E-state index contributed by atoms with van der Waals surface area (Å²) >= 11 is 12.1. The van der Waals surface area contributed by atoms with E-state index < -0.39 is 17.6 Å². The number of hydrogen-bond donors (Lipinski definition) is 0. The minimum absolute atomic E-state index is 0.0253. The number of Topliss-reactive ketones (excluding diaryl/α,β-unsaturated/α-hetero) is 1. The van der Waals surface area contributed by atoms with E-state index in [0.29, 0.717) is 15.7 Å². The number of carbonyl (C=O) groups is 2. The summed E-state index contributed by atoms with van der Waals surface area (Å²) in [5, 5.41) is 0.750. The SMILES string of the molecule is CCOC(=O)c1ncn(-c2cc(Cl)cc(Cl)c2)c1CC(=O)c1ccccc1F. The van der Waals surface area contributed by atoms with Crippen molar-refractivity contribution < 1.29 is 18.7 Å². The molecule has 2 aromatic carbocycles. The van der Waals surface area contributed by atoms with Crippen molar-refractivity contribution in [2.24, 2.45) is 0 Å². The van der Waals surface area contributed by atoms with Crippen LogP contribution in [0.2, 0.25) is 10.0 Å². The molecule has 8 heteroatoms. The molecule has 0 fully saturated rings. The fourth-order valence-corrected chi connectivity index (χ4v) is 3.26. The van der Waals surface area contributed by atoms with Crippen LogP contribution in [0.4, 0.5) is 4.39 Å². The van der Waals surface area contributed by atoms with Gasteiger partial charge in [-0.3, -0.25) is 4.79 Å². The lowest BCUT2D eigenvalue weighted by molar-refractivity contribution is 0.0519. The molecule has 144 valence electrons. The van der Waals surface area contributed by atoms with E-state index in [1.165, 1.54) is 29.1 Å². The standard InChI is InChI=1S/C20H15Cl2FN2O3/c1-2-28-20(27)19-17(10-18(26)15-5-3-4-6-16(15)23)25(11-24-19)14-8-12(21)7-13(22)9-14/h3-9,11H,2,10H2,1H3. The van der Waals surface area contributed by atoms with Crippen molar-refractivity contribution in [2.45, 2.75) is 13.3 Å². The molecular formula is C20H15Cl2FN2O3. The highest BCUT2D eigenvalue weighted by Crippen LogP contribution is 2.25. The normalized spacial score (nSPS) is 10.7. The third kappa shape index (κ3) is 4.24. The first kappa shape index (κ1) is 20.0. The van der Waals surface area contributed by atoms with Gasteiger partial charge in [0.15, 0.2) is 11.5 Å². The lowest BCUT2D eigenvalue weighted by Gasteiger charge is -2.11. The van der Waals surface area contributed by atoms with Crippen LogP contribution in [0.15, 0.2) is 48.8 Å². The monoisotopic (exact) mass is 420 g/mol. The molecule has 0 unspecified atom stereocenters. The summed E-state index contributed by atoms with van der Waals surface area (Å²) in [6.45, 7) is 1.81. The van der Waals surface area contributed by atoms with Crippen molar-refractivity contribution in [1.82, 2.24) is 9.55 Å². The molecule has 0 saturated carbocycles. The van der Waals surface area contributed by atoms with Crippen LogP contribution in [0.25, 0.3) is 5.69 Å². The Hall–Kier alpha value is -2.70. The summed E-state index contributed by atoms with van der Waals surface area (Å²) in [5.41, 5.74) is 0.666. The zero-order valence-corrected chi connectivity index (χ0v) is 16.3. The number of hydrogen-bond acceptors (Lipinski definition) is 4. The van der Waals surface area contributed by atoms with Gasteiger partial charge in [-0.1, -0.05) is 35.3 Å². The largest absolute Gasteiger partial charge is 0.461 e. The minimum atomic E-state index is -0.675. The number of halogens is 3. The fourth-order valence-electron chi connectivity index (χ4n) is 2.75. The van der Waals surface area contributed by atoms with Crippen molar-refractivity contribution in [2.75, 3.05) is 6.61 Å². The van der Waals surface area contributed by atoms with E-state index >= 15 is 0 Å². The maximum Gasteiger partial charge on any atom is 0.358 e. The Morgan fingerprint density at radius 1 is 1.14 bits per heavy atom. The van der Waals surface area contributed by atoms with Crippen LogP contribution in [0.3, 0.4) is 0 Å². The molecule has 1 aromatic heterocycles. The molecule has 0 aliphatic carbocycles. The van der Waals surface area contributed by atoms with E-state index in [-0.39, 0.29) is 30.0 Å². The van der Waals surface area contributed by atoms with Gasteiger partial charge in [0, 0.05) is 15.7 Å². The number of esters is 1. The first-order valence-corrected chi connectivity index (χ1v) is 9.13. The molecule has 0 aliphatic heterocycles. The Morgan fingerprint density at radius 3 is 2.46 bits per heavy atom. The highest BCUT2D eigenvalue weighted by atomic mass is 35.5. The van der Waals surface area contributed by atoms with Gasteiger partial charge in [0.2, 0.25) is 0 Å². The Labute approximate surface area is 170 Å². The minimum Gasteiger partial charge on any atom is -0.461 e. The Kier molecular flexibility index (Phi) is 6.11. The zero-order chi connectivity index (χ0) is 20.3. The molecule has 3 rings (SSSR count). The first-order valence-electron chi connectivity index (χ1n) is 8.38. The van der Waals surface area contributed by atoms with Gasteiger partial charge in [-0.2, -0.15) is 0 Å². The number of ether oxygens (including phenoxy) is 1. The van der Waals surface area contributed by atoms with Crippen molar-refractivity contribution >= 4 is 35.0 Å². The molecular weight excluding hydrogens is 406 g/mol. The number of imidazole rings is 1. The Bertz CT molecular complexity index is 1030. The summed E-state index contributed by atoms with van der Waals surface area (Å²) in [6, 6.07) is 10.4. The number of nitrogens with zero attached hydrogens (tertiary/aromatic N) is 2. The highest BCUT2D eigenvalue weighted by Gasteiger charge is 2.24. The van der Waals surface area contributed by atoms with Gasteiger partial charge in [0.25, 0.3) is 0 Å². The van der Waals surface area contributed by atoms with E-state index in [0.717, 1.165) is 0 Å². The first-order chi connectivity index (χ1) is 13.4. The van der Waals surface area contributed by atoms with Gasteiger partial charge >= 0.3 is 5.97 Å². The molecule has 3 aromatic rings. The van der Waals surface area contributed by atoms with Crippen LogP contribution in [-0.4, -0.2) is 27.9 Å². The fraction of sp³-hybridized carbons (Fsp3) is 0.150. The topological polar surface area (TPSA) is 61.2 Å². The van der Waals surface area contributed by atoms with E-state index in [2.05, 4.69) is 4.98 Å². The number of aromatic nitrogens is 2. The summed E-state index contributed by atoms with van der Waals surface area (Å²) in [5.74, 6) is -1.81. The molecule has 0 saturated heterocycles. The predicted octanol–water partition coefficient (Wildman–Crippen LogP) is 4.92. The molecule has 0 amide bonds. The maximum absolute atomic E-state index is 14.0. The molecule has 0 radical (unpaired) electrons. The van der Waals surface area contributed by atoms with Crippen LogP contribution in [-0.2, 0) is 11.2 Å². The van der Waals surface area contributed by atoms with Crippen molar-refractivity contribution in [3.8, 4) is 5.69 Å². The van der Waals surface area contributed by atoms with Gasteiger partial charge in [0.1, 0.15) is 12.1 Å². The molecule has 1 heterocycles. The summed E-state index contributed by atoms with van der Waals surface area (Å²) in [6.07, 6.45) is 1.11. The maximum atomic E-state index is 14.0. The number of ketones is 1. The Morgan fingerprint density at radius 2 is 1.82 bits per heavy atom. The number of rotatable bonds is 6. The van der Waals surface area contributed by atoms with Gasteiger partial charge in [-0.05, 0) is 37.3 Å². The van der Waals surface area contributed by atoms with Crippen LogP contribution < -0.4 is 0 Å². The predicted molar refractivity (Wildman–Crippen MR) is 104 cm³/mol. The summed E-state index contributed by atoms with van der Waals surface area (Å²) in [7, 11) is 0. The van der Waals surface area contributed by atoms with Gasteiger partial charge in [-0.25, -0.2) is 14.2 Å². The van der Waals surface area contributed by atoms with Crippen LogP contribution >= 0.6 is 23.2 Å². The summed E-state index contributed by atoms with van der Waals surface area (Å²) < 4.78 is 20.5. The Balaban J connectivity index is 2.08. The smallest absolute Gasteiger partial charge is 0.358 e. The second kappa shape index (κ2) is 8.54. The quantitative estimate of drug-likeness (QED) is 0.419. The second-order valence-corrected chi connectivity index (χ2v) is 6.71. The van der Waals surface area contributed by atoms with Crippen molar-refractivity contribution in [1.29, 1.82) is 0 Å². The highest BCUT2D eigenvalue weighted by molar-refractivity contribution is 6.34. The molecule has 0 spiro atoms. The lowest BCUT2D eigenvalue weighted by atomic mass is 10.0. The van der Waals surface area contributed by atoms with Crippen LogP contribution in [0.1, 0.15) is 33.5 Å². The average Bonchev–Trinajstić information content (AvgIpc) is 3.05. The van der Waals surface area contributed by atoms with E-state index in [4.69, 9.17) is 27.9 Å². The number of carbonyl (C=O) groups excluding carboxylic acids is 2. The third-order valence-electron chi connectivity index (χ3n) is 3.96. The molecule has 0 atom stereocenters. The van der Waals surface area contributed by atoms with Crippen LogP contribution in [0.5, 0.6) is 0 Å². The van der Waals surface area contributed by atoms with Crippen molar-refractivity contribution in [3.63, 3.8) is 0 Å². The third-order valence-corrected chi connectivity index (χ3v) is 4.40. The zero-order valence-electron chi connectivity index (χ0n) is 14.8. The van der Waals surface area contributed by atoms with Gasteiger partial charge in [-0.15, -0.1) is 0 Å². The van der Waals surface area contributed by atoms with Crippen LogP contribution in [0, 0.1) is 5.82 Å². The lowest BCUT2D eigenvalue weighted by Crippen LogP contribution is -2.15. The van der Waals surface area contributed by atoms with E-state index in [9.17, 15) is 14.0 Å². The molecule has 0 N–H and O–H groups in total. The van der Waals surface area contributed by atoms with E-state index in [1.54, 1.807) is 31.2 Å². The number of benzene rings is 2. The molecule has 5 nitrogen and oxygen atoms in total.